The molecule has 0 saturated heterocycles. The van der Waals surface area contributed by atoms with Gasteiger partial charge in [-0.1, -0.05) is 19.9 Å². The van der Waals surface area contributed by atoms with Gasteiger partial charge in [0.15, 0.2) is 0 Å². The Hall–Kier alpha value is -1.09. The summed E-state index contributed by atoms with van der Waals surface area (Å²) in [6.45, 7) is 8.03. The van der Waals surface area contributed by atoms with Gasteiger partial charge in [-0.15, -0.1) is 0 Å². The second-order valence-corrected chi connectivity index (χ2v) is 4.96. The molecule has 0 saturated carbocycles. The number of nitrogens with one attached hydrogen (secondary N) is 1. The third-order valence-corrected chi connectivity index (χ3v) is 3.28. The number of ether oxygens (including phenoxy) is 1. The molecule has 0 aromatic heterocycles. The lowest BCUT2D eigenvalue weighted by atomic mass is 10.1. The summed E-state index contributed by atoms with van der Waals surface area (Å²) >= 11 is 0. The Kier molecular flexibility index (Phi) is 7.49. The zero-order chi connectivity index (χ0) is 14.1. The molecule has 0 heterocycles. The minimum Gasteiger partial charge on any atom is -0.493 e. The first-order chi connectivity index (χ1) is 9.17. The maximum absolute atomic E-state index is 13.1. The van der Waals surface area contributed by atoms with Crippen LogP contribution in [0.1, 0.15) is 45.1 Å². The second-order valence-electron chi connectivity index (χ2n) is 4.96. The highest BCUT2D eigenvalue weighted by atomic mass is 19.1. The fourth-order valence-corrected chi connectivity index (χ4v) is 2.04. The molecule has 0 aliphatic rings. The van der Waals surface area contributed by atoms with Crippen LogP contribution in [0.2, 0.25) is 0 Å². The topological polar surface area (TPSA) is 21.3 Å². The van der Waals surface area contributed by atoms with Crippen LogP contribution >= 0.6 is 0 Å². The summed E-state index contributed by atoms with van der Waals surface area (Å²) in [5.41, 5.74) is 0.984. The van der Waals surface area contributed by atoms with Crippen LogP contribution in [-0.4, -0.2) is 19.2 Å². The Morgan fingerprint density at radius 1 is 1.32 bits per heavy atom. The van der Waals surface area contributed by atoms with Crippen LogP contribution in [0.5, 0.6) is 5.75 Å². The van der Waals surface area contributed by atoms with Gasteiger partial charge in [0, 0.05) is 12.1 Å². The Labute approximate surface area is 116 Å². The van der Waals surface area contributed by atoms with Crippen LogP contribution < -0.4 is 10.1 Å². The molecule has 0 amide bonds. The third kappa shape index (κ3) is 6.06. The van der Waals surface area contributed by atoms with Crippen LogP contribution in [0.25, 0.3) is 0 Å². The average Bonchev–Trinajstić information content (AvgIpc) is 2.41. The molecule has 3 heteroatoms. The van der Waals surface area contributed by atoms with Crippen molar-refractivity contribution in [2.75, 3.05) is 13.2 Å². The predicted molar refractivity (Wildman–Crippen MR) is 78.2 cm³/mol. The van der Waals surface area contributed by atoms with E-state index in [4.69, 9.17) is 4.74 Å². The summed E-state index contributed by atoms with van der Waals surface area (Å²) in [5, 5.41) is 3.52. The van der Waals surface area contributed by atoms with Crippen molar-refractivity contribution in [2.45, 2.75) is 52.5 Å². The van der Waals surface area contributed by atoms with Crippen molar-refractivity contribution in [3.05, 3.63) is 29.6 Å². The van der Waals surface area contributed by atoms with Gasteiger partial charge in [0.2, 0.25) is 0 Å². The molecule has 19 heavy (non-hydrogen) atoms. The van der Waals surface area contributed by atoms with E-state index in [1.807, 2.05) is 6.92 Å². The van der Waals surface area contributed by atoms with Gasteiger partial charge in [0.05, 0.1) is 6.61 Å². The zero-order valence-corrected chi connectivity index (χ0v) is 12.3. The zero-order valence-electron chi connectivity index (χ0n) is 12.3. The molecule has 108 valence electrons. The molecule has 0 radical (unpaired) electrons. The van der Waals surface area contributed by atoms with E-state index in [0.29, 0.717) is 18.4 Å². The maximum atomic E-state index is 13.1. The van der Waals surface area contributed by atoms with Crippen molar-refractivity contribution in [1.82, 2.24) is 5.32 Å². The molecule has 0 spiro atoms. The lowest BCUT2D eigenvalue weighted by Crippen LogP contribution is -2.29. The van der Waals surface area contributed by atoms with Crippen molar-refractivity contribution in [3.63, 3.8) is 0 Å². The number of benzene rings is 1. The van der Waals surface area contributed by atoms with E-state index in [9.17, 15) is 4.39 Å². The molecule has 1 N–H and O–H groups in total. The van der Waals surface area contributed by atoms with E-state index >= 15 is 0 Å². The average molecular weight is 267 g/mol. The molecule has 0 aliphatic carbocycles. The van der Waals surface area contributed by atoms with E-state index in [1.54, 1.807) is 6.07 Å². The monoisotopic (exact) mass is 267 g/mol. The number of halogens is 1. The molecule has 0 aliphatic heterocycles. The summed E-state index contributed by atoms with van der Waals surface area (Å²) in [5.74, 6) is 0.422. The summed E-state index contributed by atoms with van der Waals surface area (Å²) in [4.78, 5) is 0. The molecular formula is C16H26FNO. The van der Waals surface area contributed by atoms with Crippen molar-refractivity contribution >= 4 is 0 Å². The lowest BCUT2D eigenvalue weighted by molar-refractivity contribution is 0.291. The number of aryl methyl sites for hydroxylation is 1. The molecule has 1 aromatic rings. The van der Waals surface area contributed by atoms with Gasteiger partial charge in [-0.05, 0) is 50.8 Å². The van der Waals surface area contributed by atoms with E-state index in [0.717, 1.165) is 37.8 Å². The van der Waals surface area contributed by atoms with E-state index in [-0.39, 0.29) is 5.82 Å². The van der Waals surface area contributed by atoms with Crippen LogP contribution in [0.4, 0.5) is 4.39 Å². The molecule has 1 atom stereocenters. The number of rotatable bonds is 9. The fourth-order valence-electron chi connectivity index (χ4n) is 2.04. The van der Waals surface area contributed by atoms with Crippen molar-refractivity contribution in [2.24, 2.45) is 0 Å². The second kappa shape index (κ2) is 8.92. The van der Waals surface area contributed by atoms with Crippen LogP contribution in [-0.2, 0) is 0 Å². The fraction of sp³-hybridized carbons (Fsp3) is 0.625. The van der Waals surface area contributed by atoms with Gasteiger partial charge in [0.25, 0.3) is 0 Å². The van der Waals surface area contributed by atoms with E-state index in [2.05, 4.69) is 19.2 Å². The van der Waals surface area contributed by atoms with Gasteiger partial charge < -0.3 is 10.1 Å². The van der Waals surface area contributed by atoms with Crippen molar-refractivity contribution in [3.8, 4) is 5.75 Å². The quantitative estimate of drug-likeness (QED) is 0.681. The summed E-state index contributed by atoms with van der Waals surface area (Å²) < 4.78 is 18.7. The highest BCUT2D eigenvalue weighted by Gasteiger charge is 2.05. The molecule has 0 fully saturated rings. The van der Waals surface area contributed by atoms with Gasteiger partial charge in [0.1, 0.15) is 11.6 Å². The van der Waals surface area contributed by atoms with Crippen LogP contribution in [0.15, 0.2) is 18.2 Å². The molecule has 0 bridgehead atoms. The van der Waals surface area contributed by atoms with Crippen LogP contribution in [0.3, 0.4) is 0 Å². The lowest BCUT2D eigenvalue weighted by Gasteiger charge is -2.16. The van der Waals surface area contributed by atoms with Gasteiger partial charge in [-0.3, -0.25) is 0 Å². The van der Waals surface area contributed by atoms with Crippen molar-refractivity contribution < 1.29 is 9.13 Å². The Bertz CT molecular complexity index is 368. The first kappa shape index (κ1) is 16.0. The highest BCUT2D eigenvalue weighted by Crippen LogP contribution is 2.19. The standard InChI is InChI=1S/C16H26FNO/c1-4-10-18-15(5-2)7-6-11-19-16-12-14(17)9-8-13(16)3/h8-9,12,15,18H,4-7,10-11H2,1-3H3. The van der Waals surface area contributed by atoms with Gasteiger partial charge in [-0.25, -0.2) is 4.39 Å². The SMILES string of the molecule is CCCNC(CC)CCCOc1cc(F)ccc1C. The van der Waals surface area contributed by atoms with Crippen LogP contribution in [0, 0.1) is 12.7 Å². The van der Waals surface area contributed by atoms with Gasteiger partial charge >= 0.3 is 0 Å². The molecule has 1 rings (SSSR count). The van der Waals surface area contributed by atoms with Gasteiger partial charge in [-0.2, -0.15) is 0 Å². The smallest absolute Gasteiger partial charge is 0.126 e. The van der Waals surface area contributed by atoms with Crippen molar-refractivity contribution in [1.29, 1.82) is 0 Å². The first-order valence-electron chi connectivity index (χ1n) is 7.29. The maximum Gasteiger partial charge on any atom is 0.126 e. The third-order valence-electron chi connectivity index (χ3n) is 3.28. The predicted octanol–water partition coefficient (Wildman–Crippen LogP) is 4.07. The number of hydrogen-bond acceptors (Lipinski definition) is 2. The molecule has 1 unspecified atom stereocenters. The summed E-state index contributed by atoms with van der Waals surface area (Å²) in [6, 6.07) is 5.24. The molecule has 1 aromatic carbocycles. The Morgan fingerprint density at radius 3 is 2.79 bits per heavy atom. The summed E-state index contributed by atoms with van der Waals surface area (Å²) in [7, 11) is 0. The highest BCUT2D eigenvalue weighted by molar-refractivity contribution is 5.32. The molecular weight excluding hydrogens is 241 g/mol. The minimum absolute atomic E-state index is 0.239. The van der Waals surface area contributed by atoms with E-state index < -0.39 is 0 Å². The van der Waals surface area contributed by atoms with E-state index in [1.165, 1.54) is 12.1 Å². The molecule has 2 nitrogen and oxygen atoms in total. The largest absolute Gasteiger partial charge is 0.493 e. The Balaban J connectivity index is 2.27. The minimum atomic E-state index is -0.239. The Morgan fingerprint density at radius 2 is 2.11 bits per heavy atom. The first-order valence-corrected chi connectivity index (χ1v) is 7.29. The normalized spacial score (nSPS) is 12.4. The number of hydrogen-bond donors (Lipinski definition) is 1. The summed E-state index contributed by atoms with van der Waals surface area (Å²) in [6.07, 6.45) is 4.39.